The fraction of sp³-hybridized carbons (Fsp3) is 0.333. The van der Waals surface area contributed by atoms with Gasteiger partial charge in [-0.2, -0.15) is 0 Å². The number of aliphatic carboxylic acids is 2. The first-order valence-corrected chi connectivity index (χ1v) is 5.70. The number of anilines is 1. The number of rotatable bonds is 7. The lowest BCUT2D eigenvalue weighted by molar-refractivity contribution is -0.142. The molecule has 0 aliphatic heterocycles. The van der Waals surface area contributed by atoms with Crippen molar-refractivity contribution in [1.29, 1.82) is 0 Å². The van der Waals surface area contributed by atoms with Crippen molar-refractivity contribution in [2.75, 3.05) is 25.0 Å². The number of nitrogens with zero attached hydrogens (tertiary/aromatic N) is 2. The van der Waals surface area contributed by atoms with Gasteiger partial charge in [-0.25, -0.2) is 4.98 Å². The Bertz CT molecular complexity index is 417. The molecule has 1 aromatic rings. The third-order valence-corrected chi connectivity index (χ3v) is 2.45. The van der Waals surface area contributed by atoms with E-state index >= 15 is 0 Å². The Balaban J connectivity index is 2.51. The number of carbonyl (C=O) groups excluding carboxylic acids is 1. The molecular weight excluding hydrogens is 262 g/mol. The van der Waals surface area contributed by atoms with Gasteiger partial charge in [0.1, 0.15) is 0 Å². The van der Waals surface area contributed by atoms with Gasteiger partial charge in [0.2, 0.25) is 5.91 Å². The van der Waals surface area contributed by atoms with Crippen molar-refractivity contribution < 1.29 is 24.6 Å². The van der Waals surface area contributed by atoms with Crippen molar-refractivity contribution in [3.8, 4) is 0 Å². The second kappa shape index (κ2) is 6.67. The molecule has 1 amide bonds. The number of aromatic nitrogens is 1. The predicted molar refractivity (Wildman–Crippen MR) is 62.5 cm³/mol. The Morgan fingerprint density at radius 1 is 1.22 bits per heavy atom. The molecule has 0 unspecified atom stereocenters. The minimum absolute atomic E-state index is 0.321. The van der Waals surface area contributed by atoms with Crippen LogP contribution in [0.3, 0.4) is 0 Å². The molecule has 8 nitrogen and oxygen atoms in total. The molecule has 3 N–H and O–H groups in total. The van der Waals surface area contributed by atoms with Gasteiger partial charge >= 0.3 is 11.9 Å². The van der Waals surface area contributed by atoms with Crippen LogP contribution in [0.2, 0.25) is 0 Å². The van der Waals surface area contributed by atoms with Gasteiger partial charge in [0.05, 0.1) is 19.6 Å². The van der Waals surface area contributed by atoms with Gasteiger partial charge in [0.25, 0.3) is 0 Å². The van der Waals surface area contributed by atoms with Crippen molar-refractivity contribution in [3.63, 3.8) is 0 Å². The van der Waals surface area contributed by atoms with Crippen LogP contribution in [0.5, 0.6) is 0 Å². The second-order valence-electron chi connectivity index (χ2n) is 3.32. The summed E-state index contributed by atoms with van der Waals surface area (Å²) in [6.45, 7) is -1.35. The number of hydrogen-bond acceptors (Lipinski definition) is 6. The number of hydrogen-bond donors (Lipinski definition) is 3. The van der Waals surface area contributed by atoms with Gasteiger partial charge in [-0.15, -0.1) is 11.3 Å². The molecule has 1 rings (SSSR count). The molecule has 0 atom stereocenters. The lowest BCUT2D eigenvalue weighted by atomic mass is 10.4. The van der Waals surface area contributed by atoms with Crippen LogP contribution in [0.4, 0.5) is 5.13 Å². The van der Waals surface area contributed by atoms with Gasteiger partial charge in [0.15, 0.2) is 5.13 Å². The molecular formula is C9H11N3O5S. The quantitative estimate of drug-likeness (QED) is 0.615. The third-order valence-electron chi connectivity index (χ3n) is 1.76. The summed E-state index contributed by atoms with van der Waals surface area (Å²) in [5.41, 5.74) is 0. The molecule has 1 heterocycles. The molecule has 0 fully saturated rings. The Hall–Kier alpha value is -2.00. The largest absolute Gasteiger partial charge is 0.480 e. The van der Waals surface area contributed by atoms with E-state index in [1.54, 1.807) is 5.38 Å². The zero-order chi connectivity index (χ0) is 13.5. The van der Waals surface area contributed by atoms with Crippen LogP contribution in [-0.4, -0.2) is 57.6 Å². The smallest absolute Gasteiger partial charge is 0.317 e. The lowest BCUT2D eigenvalue weighted by Crippen LogP contribution is -2.40. The first kappa shape index (κ1) is 14.1. The number of carboxylic acid groups (broad SMARTS) is 2. The Kier molecular flexibility index (Phi) is 5.21. The number of nitrogens with one attached hydrogen (secondary N) is 1. The fourth-order valence-corrected chi connectivity index (χ4v) is 1.74. The molecule has 0 aromatic carbocycles. The van der Waals surface area contributed by atoms with Gasteiger partial charge in [-0.1, -0.05) is 0 Å². The zero-order valence-electron chi connectivity index (χ0n) is 9.20. The maximum absolute atomic E-state index is 11.5. The van der Waals surface area contributed by atoms with Crippen LogP contribution in [0.1, 0.15) is 0 Å². The van der Waals surface area contributed by atoms with Crippen LogP contribution in [-0.2, 0) is 14.4 Å². The molecule has 0 bridgehead atoms. The zero-order valence-corrected chi connectivity index (χ0v) is 10.0. The van der Waals surface area contributed by atoms with Crippen LogP contribution >= 0.6 is 11.3 Å². The van der Waals surface area contributed by atoms with Gasteiger partial charge in [0, 0.05) is 11.6 Å². The second-order valence-corrected chi connectivity index (χ2v) is 4.21. The number of carbonyl (C=O) groups is 3. The van der Waals surface area contributed by atoms with E-state index < -0.39 is 30.9 Å². The Labute approximate surface area is 106 Å². The van der Waals surface area contributed by atoms with Crippen LogP contribution in [0, 0.1) is 0 Å². The topological polar surface area (TPSA) is 120 Å². The van der Waals surface area contributed by atoms with Gasteiger partial charge < -0.3 is 15.5 Å². The molecule has 0 radical (unpaired) electrons. The van der Waals surface area contributed by atoms with Crippen LogP contribution in [0.25, 0.3) is 0 Å². The predicted octanol–water partition coefficient (Wildman–Crippen LogP) is -0.447. The van der Waals surface area contributed by atoms with Crippen molar-refractivity contribution in [1.82, 2.24) is 9.88 Å². The molecule has 0 aliphatic rings. The highest BCUT2D eigenvalue weighted by atomic mass is 32.1. The van der Waals surface area contributed by atoms with Crippen molar-refractivity contribution in [2.24, 2.45) is 0 Å². The van der Waals surface area contributed by atoms with E-state index in [9.17, 15) is 14.4 Å². The SMILES string of the molecule is O=C(O)CN(CC(=O)O)CC(=O)Nc1nccs1. The van der Waals surface area contributed by atoms with E-state index in [4.69, 9.17) is 10.2 Å². The number of thiazole rings is 1. The highest BCUT2D eigenvalue weighted by Gasteiger charge is 2.17. The minimum atomic E-state index is -1.20. The summed E-state index contributed by atoms with van der Waals surface area (Å²) >= 11 is 1.21. The first-order chi connectivity index (χ1) is 8.47. The molecule has 0 saturated carbocycles. The minimum Gasteiger partial charge on any atom is -0.480 e. The lowest BCUT2D eigenvalue weighted by Gasteiger charge is -2.16. The maximum atomic E-state index is 11.5. The standard InChI is InChI=1S/C9H11N3O5S/c13-6(11-9-10-1-2-18-9)3-12(4-7(14)15)5-8(16)17/h1-2H,3-5H2,(H,14,15)(H,16,17)(H,10,11,13). The molecule has 98 valence electrons. The summed E-state index contributed by atoms with van der Waals surface area (Å²) in [6, 6.07) is 0. The maximum Gasteiger partial charge on any atom is 0.317 e. The van der Waals surface area contributed by atoms with Crippen molar-refractivity contribution in [3.05, 3.63) is 11.6 Å². The molecule has 18 heavy (non-hydrogen) atoms. The van der Waals surface area contributed by atoms with E-state index in [-0.39, 0.29) is 6.54 Å². The van der Waals surface area contributed by atoms with E-state index in [1.807, 2.05) is 0 Å². The Morgan fingerprint density at radius 3 is 2.28 bits per heavy atom. The molecule has 0 aliphatic carbocycles. The van der Waals surface area contributed by atoms with E-state index in [2.05, 4.69) is 10.3 Å². The van der Waals surface area contributed by atoms with E-state index in [0.717, 1.165) is 4.90 Å². The molecule has 0 saturated heterocycles. The van der Waals surface area contributed by atoms with Crippen molar-refractivity contribution in [2.45, 2.75) is 0 Å². The fourth-order valence-electron chi connectivity index (χ4n) is 1.20. The Morgan fingerprint density at radius 2 is 1.83 bits per heavy atom. The summed E-state index contributed by atoms with van der Waals surface area (Å²) in [7, 11) is 0. The highest BCUT2D eigenvalue weighted by molar-refractivity contribution is 7.13. The number of amides is 1. The monoisotopic (exact) mass is 273 g/mol. The van der Waals surface area contributed by atoms with Gasteiger partial charge in [-0.05, 0) is 0 Å². The van der Waals surface area contributed by atoms with E-state index in [0.29, 0.717) is 5.13 Å². The molecule has 1 aromatic heterocycles. The molecule has 0 spiro atoms. The summed E-state index contributed by atoms with van der Waals surface area (Å²) in [4.78, 5) is 37.4. The van der Waals surface area contributed by atoms with Gasteiger partial charge in [-0.3, -0.25) is 19.3 Å². The first-order valence-electron chi connectivity index (χ1n) is 4.82. The average molecular weight is 273 g/mol. The van der Waals surface area contributed by atoms with E-state index in [1.165, 1.54) is 17.5 Å². The summed E-state index contributed by atoms with van der Waals surface area (Å²) in [5.74, 6) is -2.90. The number of carboxylic acids is 2. The average Bonchev–Trinajstić information content (AvgIpc) is 2.67. The normalized spacial score (nSPS) is 10.3. The summed E-state index contributed by atoms with van der Waals surface area (Å²) in [6.07, 6.45) is 1.51. The third kappa shape index (κ3) is 5.37. The van der Waals surface area contributed by atoms with Crippen LogP contribution in [0.15, 0.2) is 11.6 Å². The molecule has 9 heteroatoms. The summed E-state index contributed by atoms with van der Waals surface area (Å²) < 4.78 is 0. The highest BCUT2D eigenvalue weighted by Crippen LogP contribution is 2.09. The van der Waals surface area contributed by atoms with Crippen molar-refractivity contribution >= 4 is 34.3 Å². The summed E-state index contributed by atoms with van der Waals surface area (Å²) in [5, 5.41) is 21.7. The van der Waals surface area contributed by atoms with Crippen LogP contribution < -0.4 is 5.32 Å².